The zero-order valence-electron chi connectivity index (χ0n) is 14.8. The lowest BCUT2D eigenvalue weighted by atomic mass is 10.0. The number of amides is 1. The van der Waals surface area contributed by atoms with Crippen molar-refractivity contribution < 1.29 is 9.53 Å². The molecule has 1 fully saturated rings. The molecule has 1 amide bonds. The van der Waals surface area contributed by atoms with E-state index in [0.717, 1.165) is 41.5 Å². The lowest BCUT2D eigenvalue weighted by molar-refractivity contribution is 0.0737. The fraction of sp³-hybridized carbons (Fsp3) is 0.250. The summed E-state index contributed by atoms with van der Waals surface area (Å²) >= 11 is 0. The van der Waals surface area contributed by atoms with Crippen LogP contribution < -0.4 is 9.64 Å². The number of nitrogens with one attached hydrogen (secondary N) is 1. The molecule has 0 bridgehead atoms. The molecule has 7 heteroatoms. The van der Waals surface area contributed by atoms with Crippen LogP contribution in [0.2, 0.25) is 0 Å². The number of ether oxygens (including phenoxy) is 1. The minimum absolute atomic E-state index is 0.0209. The van der Waals surface area contributed by atoms with Crippen molar-refractivity contribution in [2.75, 3.05) is 31.1 Å². The van der Waals surface area contributed by atoms with Crippen molar-refractivity contribution in [3.05, 3.63) is 59.9 Å². The van der Waals surface area contributed by atoms with E-state index in [1.165, 1.54) is 0 Å². The number of anilines is 1. The smallest absolute Gasteiger partial charge is 0.272 e. The van der Waals surface area contributed by atoms with Crippen LogP contribution in [0, 0.1) is 0 Å². The molecular weight excluding hydrogens is 342 g/mol. The van der Waals surface area contributed by atoms with Crippen molar-refractivity contribution in [3.8, 4) is 17.0 Å². The highest BCUT2D eigenvalue weighted by molar-refractivity contribution is 5.96. The molecule has 1 aromatic carbocycles. The Kier molecular flexibility index (Phi) is 3.78. The number of pyridine rings is 1. The van der Waals surface area contributed by atoms with E-state index in [4.69, 9.17) is 4.74 Å². The number of carbonyl (C=O) groups excluding carboxylic acids is 1. The minimum atomic E-state index is -0.0209. The monoisotopic (exact) mass is 361 g/mol. The molecule has 0 aliphatic carbocycles. The fourth-order valence-corrected chi connectivity index (χ4v) is 3.68. The van der Waals surface area contributed by atoms with Crippen molar-refractivity contribution in [1.29, 1.82) is 0 Å². The average Bonchev–Trinajstić information content (AvgIpc) is 3.19. The zero-order valence-corrected chi connectivity index (χ0v) is 14.8. The van der Waals surface area contributed by atoms with Crippen LogP contribution in [0.15, 0.2) is 48.7 Å². The Bertz CT molecular complexity index is 977. The highest BCUT2D eigenvalue weighted by atomic mass is 16.5. The zero-order chi connectivity index (χ0) is 18.2. The van der Waals surface area contributed by atoms with Gasteiger partial charge in [-0.2, -0.15) is 5.10 Å². The number of carbonyl (C=O) groups is 1. The van der Waals surface area contributed by atoms with Gasteiger partial charge in [0.15, 0.2) is 0 Å². The summed E-state index contributed by atoms with van der Waals surface area (Å²) in [5.74, 6) is 1.74. The first-order chi connectivity index (χ1) is 13.3. The van der Waals surface area contributed by atoms with Gasteiger partial charge in [0.05, 0.1) is 0 Å². The molecule has 0 saturated carbocycles. The largest absolute Gasteiger partial charge is 0.488 e. The third-order valence-electron chi connectivity index (χ3n) is 5.14. The van der Waals surface area contributed by atoms with Gasteiger partial charge in [0.2, 0.25) is 0 Å². The van der Waals surface area contributed by atoms with E-state index in [9.17, 15) is 4.79 Å². The maximum absolute atomic E-state index is 13.1. The Morgan fingerprint density at radius 2 is 1.85 bits per heavy atom. The number of aromatic nitrogens is 3. The van der Waals surface area contributed by atoms with Crippen molar-refractivity contribution in [2.24, 2.45) is 0 Å². The molecule has 5 rings (SSSR count). The first kappa shape index (κ1) is 15.9. The number of piperazine rings is 1. The number of benzene rings is 1. The van der Waals surface area contributed by atoms with Gasteiger partial charge in [-0.05, 0) is 24.3 Å². The summed E-state index contributed by atoms with van der Waals surface area (Å²) in [6.45, 7) is 3.19. The molecule has 1 saturated heterocycles. The molecule has 0 radical (unpaired) electrons. The normalized spacial score (nSPS) is 15.7. The van der Waals surface area contributed by atoms with Gasteiger partial charge >= 0.3 is 0 Å². The highest BCUT2D eigenvalue weighted by Gasteiger charge is 2.30. The average molecular weight is 361 g/mol. The van der Waals surface area contributed by atoms with Gasteiger partial charge < -0.3 is 14.5 Å². The van der Waals surface area contributed by atoms with Crippen LogP contribution in [0.1, 0.15) is 16.1 Å². The van der Waals surface area contributed by atoms with Gasteiger partial charge in [-0.1, -0.05) is 18.2 Å². The number of hydrogen-bond donors (Lipinski definition) is 1. The quantitative estimate of drug-likeness (QED) is 0.758. The summed E-state index contributed by atoms with van der Waals surface area (Å²) in [5, 5.41) is 7.35. The predicted molar refractivity (Wildman–Crippen MR) is 101 cm³/mol. The lowest BCUT2D eigenvalue weighted by Crippen LogP contribution is -2.49. The van der Waals surface area contributed by atoms with Gasteiger partial charge in [-0.15, -0.1) is 0 Å². The van der Waals surface area contributed by atoms with E-state index >= 15 is 0 Å². The Morgan fingerprint density at radius 3 is 2.67 bits per heavy atom. The highest BCUT2D eigenvalue weighted by Crippen LogP contribution is 2.37. The second-order valence-electron chi connectivity index (χ2n) is 6.68. The summed E-state index contributed by atoms with van der Waals surface area (Å²) in [6.07, 6.45) is 1.79. The molecule has 1 N–H and O–H groups in total. The minimum Gasteiger partial charge on any atom is -0.488 e. The summed E-state index contributed by atoms with van der Waals surface area (Å²) in [4.78, 5) is 21.5. The van der Waals surface area contributed by atoms with Gasteiger partial charge in [-0.25, -0.2) is 4.98 Å². The summed E-state index contributed by atoms with van der Waals surface area (Å²) in [7, 11) is 0. The molecule has 0 unspecified atom stereocenters. The molecule has 4 heterocycles. The molecule has 0 atom stereocenters. The Morgan fingerprint density at radius 1 is 1.04 bits per heavy atom. The standard InChI is InChI=1S/C20H19N5O2/c26-20(25-11-9-24(10-12-25)17-7-3-4-8-21-17)19-15-13-27-16-6-2-1-5-14(16)18(15)22-23-19/h1-8H,9-13H2,(H,22,23). The van der Waals surface area contributed by atoms with E-state index in [2.05, 4.69) is 20.1 Å². The molecule has 27 heavy (non-hydrogen) atoms. The van der Waals surface area contributed by atoms with Crippen LogP contribution in [0.5, 0.6) is 5.75 Å². The van der Waals surface area contributed by atoms with E-state index in [1.54, 1.807) is 6.20 Å². The lowest BCUT2D eigenvalue weighted by Gasteiger charge is -2.35. The molecule has 2 aliphatic heterocycles. The van der Waals surface area contributed by atoms with E-state index in [-0.39, 0.29) is 5.91 Å². The summed E-state index contributed by atoms with van der Waals surface area (Å²) in [5.41, 5.74) is 3.11. The Hall–Kier alpha value is -3.35. The maximum Gasteiger partial charge on any atom is 0.272 e. The third kappa shape index (κ3) is 2.71. The third-order valence-corrected chi connectivity index (χ3v) is 5.14. The van der Waals surface area contributed by atoms with Crippen molar-refractivity contribution in [1.82, 2.24) is 20.1 Å². The number of fused-ring (bicyclic) bond motifs is 3. The van der Waals surface area contributed by atoms with E-state index < -0.39 is 0 Å². The number of hydrogen-bond acceptors (Lipinski definition) is 5. The van der Waals surface area contributed by atoms with Crippen molar-refractivity contribution >= 4 is 11.7 Å². The number of nitrogens with zero attached hydrogens (tertiary/aromatic N) is 4. The number of rotatable bonds is 2. The topological polar surface area (TPSA) is 74.4 Å². The van der Waals surface area contributed by atoms with Gasteiger partial charge in [-0.3, -0.25) is 9.89 Å². The Labute approximate surface area is 156 Å². The second-order valence-corrected chi connectivity index (χ2v) is 6.68. The van der Waals surface area contributed by atoms with Crippen molar-refractivity contribution in [2.45, 2.75) is 6.61 Å². The van der Waals surface area contributed by atoms with Crippen LogP contribution in [-0.4, -0.2) is 52.2 Å². The molecule has 136 valence electrons. The van der Waals surface area contributed by atoms with Gasteiger partial charge in [0.1, 0.15) is 29.6 Å². The fourth-order valence-electron chi connectivity index (χ4n) is 3.68. The molecule has 2 aliphatic rings. The van der Waals surface area contributed by atoms with Crippen LogP contribution in [-0.2, 0) is 6.61 Å². The molecular formula is C20H19N5O2. The van der Waals surface area contributed by atoms with Gasteiger partial charge in [0, 0.05) is 43.5 Å². The summed E-state index contributed by atoms with van der Waals surface area (Å²) in [6, 6.07) is 13.7. The van der Waals surface area contributed by atoms with Gasteiger partial charge in [0.25, 0.3) is 5.91 Å². The van der Waals surface area contributed by atoms with Crippen molar-refractivity contribution in [3.63, 3.8) is 0 Å². The summed E-state index contributed by atoms with van der Waals surface area (Å²) < 4.78 is 5.81. The Balaban J connectivity index is 1.34. The van der Waals surface area contributed by atoms with E-state index in [0.29, 0.717) is 25.4 Å². The SMILES string of the molecule is O=C(c1[nH]nc2c1COc1ccccc1-2)N1CCN(c2ccccn2)CC1. The second kappa shape index (κ2) is 6.42. The number of H-pyrrole nitrogens is 1. The molecule has 0 spiro atoms. The van der Waals surface area contributed by atoms with E-state index in [1.807, 2.05) is 47.4 Å². The van der Waals surface area contributed by atoms with Crippen LogP contribution in [0.4, 0.5) is 5.82 Å². The number of para-hydroxylation sites is 1. The van der Waals surface area contributed by atoms with Crippen LogP contribution in [0.25, 0.3) is 11.3 Å². The number of aromatic amines is 1. The maximum atomic E-state index is 13.1. The van der Waals surface area contributed by atoms with Crippen LogP contribution in [0.3, 0.4) is 0 Å². The molecule has 7 nitrogen and oxygen atoms in total. The first-order valence-electron chi connectivity index (χ1n) is 9.06. The predicted octanol–water partition coefficient (Wildman–Crippen LogP) is 2.33. The van der Waals surface area contributed by atoms with Crippen LogP contribution >= 0.6 is 0 Å². The molecule has 3 aromatic rings. The molecule has 2 aromatic heterocycles. The first-order valence-corrected chi connectivity index (χ1v) is 9.06.